The Balaban J connectivity index is 2.04. The molecule has 0 saturated carbocycles. The van der Waals surface area contributed by atoms with Gasteiger partial charge in [0.05, 0.1) is 6.04 Å². The summed E-state index contributed by atoms with van der Waals surface area (Å²) in [5.41, 5.74) is 0.647. The Labute approximate surface area is 105 Å². The van der Waals surface area contributed by atoms with E-state index in [-0.39, 0.29) is 5.56 Å². The van der Waals surface area contributed by atoms with Crippen molar-refractivity contribution in [1.29, 1.82) is 0 Å². The zero-order valence-corrected chi connectivity index (χ0v) is 10.8. The molecule has 1 N–H and O–H groups in total. The van der Waals surface area contributed by atoms with Crippen LogP contribution >= 0.6 is 0 Å². The lowest BCUT2D eigenvalue weighted by molar-refractivity contribution is 0.198. The molecule has 5 heteroatoms. The molecule has 1 atom stereocenters. The van der Waals surface area contributed by atoms with Crippen molar-refractivity contribution >= 4 is 5.65 Å². The van der Waals surface area contributed by atoms with E-state index in [0.29, 0.717) is 17.7 Å². The van der Waals surface area contributed by atoms with Crippen LogP contribution in [0.3, 0.4) is 0 Å². The van der Waals surface area contributed by atoms with Crippen molar-refractivity contribution in [2.45, 2.75) is 38.8 Å². The molecule has 2 aromatic rings. The predicted molar refractivity (Wildman–Crippen MR) is 69.6 cm³/mol. The Morgan fingerprint density at radius 3 is 3.00 bits per heavy atom. The van der Waals surface area contributed by atoms with Gasteiger partial charge in [-0.3, -0.25) is 14.8 Å². The van der Waals surface area contributed by atoms with Gasteiger partial charge in [0.25, 0.3) is 5.56 Å². The van der Waals surface area contributed by atoms with E-state index >= 15 is 0 Å². The van der Waals surface area contributed by atoms with E-state index in [1.54, 1.807) is 12.1 Å². The summed E-state index contributed by atoms with van der Waals surface area (Å²) in [6.45, 7) is 5.51. The number of likely N-dealkylation sites (tertiary alicyclic amines) is 1. The highest BCUT2D eigenvalue weighted by atomic mass is 16.1. The molecule has 1 saturated heterocycles. The molecular formula is C13H18N4O. The standard InChI is InChI=1S/C13H18N4O/c1-9(2)16-8-4-5-10(16)13-14-11-6-3-7-12(18)17(11)15-13/h3,6-7,9-10H,4-5,8H2,1-2H3,(H,14,15). The first kappa shape index (κ1) is 11.5. The Kier molecular flexibility index (Phi) is 2.70. The zero-order chi connectivity index (χ0) is 12.7. The van der Waals surface area contributed by atoms with E-state index in [2.05, 4.69) is 28.8 Å². The van der Waals surface area contributed by atoms with Crippen molar-refractivity contribution in [3.63, 3.8) is 0 Å². The summed E-state index contributed by atoms with van der Waals surface area (Å²) in [7, 11) is 0. The average molecular weight is 246 g/mol. The van der Waals surface area contributed by atoms with E-state index in [4.69, 9.17) is 0 Å². The Morgan fingerprint density at radius 1 is 1.44 bits per heavy atom. The fourth-order valence-electron chi connectivity index (χ4n) is 2.79. The van der Waals surface area contributed by atoms with Crippen molar-refractivity contribution < 1.29 is 0 Å². The number of nitrogens with one attached hydrogen (secondary N) is 1. The largest absolute Gasteiger partial charge is 0.291 e. The van der Waals surface area contributed by atoms with Gasteiger partial charge in [0, 0.05) is 12.1 Å². The Bertz CT molecular complexity index is 613. The van der Waals surface area contributed by atoms with E-state index < -0.39 is 0 Å². The first-order valence-electron chi connectivity index (χ1n) is 6.50. The normalized spacial score (nSPS) is 21.2. The van der Waals surface area contributed by atoms with Crippen LogP contribution < -0.4 is 5.56 Å². The summed E-state index contributed by atoms with van der Waals surface area (Å²) in [5.74, 6) is 0.907. The molecule has 0 aromatic carbocycles. The molecule has 1 aliphatic heterocycles. The van der Waals surface area contributed by atoms with Gasteiger partial charge in [0.15, 0.2) is 5.65 Å². The molecule has 5 nitrogen and oxygen atoms in total. The van der Waals surface area contributed by atoms with Crippen molar-refractivity contribution in [1.82, 2.24) is 19.5 Å². The van der Waals surface area contributed by atoms with Crippen molar-refractivity contribution in [3.8, 4) is 0 Å². The van der Waals surface area contributed by atoms with Crippen molar-refractivity contribution in [2.75, 3.05) is 6.54 Å². The number of aromatic nitrogens is 3. The van der Waals surface area contributed by atoms with Gasteiger partial charge in [-0.25, -0.2) is 9.50 Å². The maximum absolute atomic E-state index is 11.7. The average Bonchev–Trinajstić information content (AvgIpc) is 2.95. The lowest BCUT2D eigenvalue weighted by atomic mass is 10.2. The molecule has 3 heterocycles. The van der Waals surface area contributed by atoms with Gasteiger partial charge in [-0.05, 0) is 39.3 Å². The molecule has 0 spiro atoms. The number of rotatable bonds is 2. The molecule has 0 amide bonds. The van der Waals surface area contributed by atoms with Crippen LogP contribution in [0.15, 0.2) is 23.0 Å². The van der Waals surface area contributed by atoms with Crippen molar-refractivity contribution in [3.05, 3.63) is 34.4 Å². The van der Waals surface area contributed by atoms with E-state index in [1.165, 1.54) is 10.9 Å². The SMILES string of the molecule is CC(C)N1CCCC1c1nc2cccc(=O)n2[nH]1. The summed E-state index contributed by atoms with van der Waals surface area (Å²) in [6, 6.07) is 5.96. The Hall–Kier alpha value is -1.62. The minimum atomic E-state index is -0.0552. The Morgan fingerprint density at radius 2 is 2.28 bits per heavy atom. The quantitative estimate of drug-likeness (QED) is 0.875. The van der Waals surface area contributed by atoms with Crippen LogP contribution in [0.4, 0.5) is 0 Å². The summed E-state index contributed by atoms with van der Waals surface area (Å²) in [6.07, 6.45) is 2.29. The number of hydrogen-bond donors (Lipinski definition) is 1. The van der Waals surface area contributed by atoms with Gasteiger partial charge < -0.3 is 0 Å². The molecule has 3 rings (SSSR count). The summed E-state index contributed by atoms with van der Waals surface area (Å²) in [4.78, 5) is 18.7. The van der Waals surface area contributed by atoms with Gasteiger partial charge in [-0.1, -0.05) is 6.07 Å². The number of H-pyrrole nitrogens is 1. The molecule has 1 unspecified atom stereocenters. The molecule has 0 radical (unpaired) electrons. The molecule has 96 valence electrons. The third-order valence-corrected chi connectivity index (χ3v) is 3.67. The lowest BCUT2D eigenvalue weighted by Crippen LogP contribution is -2.30. The van der Waals surface area contributed by atoms with E-state index in [1.807, 2.05) is 6.07 Å². The molecule has 1 aliphatic rings. The van der Waals surface area contributed by atoms with Crippen LogP contribution in [0, 0.1) is 0 Å². The van der Waals surface area contributed by atoms with Crippen LogP contribution in [-0.2, 0) is 0 Å². The van der Waals surface area contributed by atoms with Crippen LogP contribution in [-0.4, -0.2) is 32.1 Å². The van der Waals surface area contributed by atoms with Crippen LogP contribution in [0.1, 0.15) is 38.6 Å². The maximum Gasteiger partial charge on any atom is 0.271 e. The molecule has 0 aliphatic carbocycles. The first-order valence-corrected chi connectivity index (χ1v) is 6.50. The van der Waals surface area contributed by atoms with Crippen LogP contribution in [0.25, 0.3) is 5.65 Å². The number of hydrogen-bond acceptors (Lipinski definition) is 3. The highest BCUT2D eigenvalue weighted by Gasteiger charge is 2.30. The smallest absolute Gasteiger partial charge is 0.271 e. The molecular weight excluding hydrogens is 228 g/mol. The second-order valence-electron chi connectivity index (χ2n) is 5.16. The molecule has 1 fully saturated rings. The van der Waals surface area contributed by atoms with E-state index in [9.17, 15) is 4.79 Å². The predicted octanol–water partition coefficient (Wildman–Crippen LogP) is 1.57. The topological polar surface area (TPSA) is 53.4 Å². The highest BCUT2D eigenvalue weighted by molar-refractivity contribution is 5.36. The van der Waals surface area contributed by atoms with E-state index in [0.717, 1.165) is 18.8 Å². The molecule has 2 aromatic heterocycles. The lowest BCUT2D eigenvalue weighted by Gasteiger charge is -2.26. The fraction of sp³-hybridized carbons (Fsp3) is 0.538. The molecule has 0 bridgehead atoms. The van der Waals surface area contributed by atoms with Gasteiger partial charge in [-0.2, -0.15) is 0 Å². The summed E-state index contributed by atoms with van der Waals surface area (Å²) in [5, 5.41) is 3.14. The molecule has 18 heavy (non-hydrogen) atoms. The number of pyridine rings is 1. The zero-order valence-electron chi connectivity index (χ0n) is 10.8. The first-order chi connectivity index (χ1) is 8.66. The van der Waals surface area contributed by atoms with Crippen LogP contribution in [0.5, 0.6) is 0 Å². The second kappa shape index (κ2) is 4.24. The number of aromatic amines is 1. The third-order valence-electron chi connectivity index (χ3n) is 3.67. The maximum atomic E-state index is 11.7. The van der Waals surface area contributed by atoms with Crippen molar-refractivity contribution in [2.24, 2.45) is 0 Å². The van der Waals surface area contributed by atoms with Gasteiger partial charge in [0.1, 0.15) is 5.82 Å². The highest BCUT2D eigenvalue weighted by Crippen LogP contribution is 2.31. The van der Waals surface area contributed by atoms with Gasteiger partial charge >= 0.3 is 0 Å². The summed E-state index contributed by atoms with van der Waals surface area (Å²) < 4.78 is 1.52. The number of fused-ring (bicyclic) bond motifs is 1. The third kappa shape index (κ3) is 1.75. The minimum Gasteiger partial charge on any atom is -0.291 e. The second-order valence-corrected chi connectivity index (χ2v) is 5.16. The minimum absolute atomic E-state index is 0.0552. The van der Waals surface area contributed by atoms with Crippen LogP contribution in [0.2, 0.25) is 0 Å². The summed E-state index contributed by atoms with van der Waals surface area (Å²) >= 11 is 0. The monoisotopic (exact) mass is 246 g/mol. The van der Waals surface area contributed by atoms with Gasteiger partial charge in [0.2, 0.25) is 0 Å². The van der Waals surface area contributed by atoms with Gasteiger partial charge in [-0.15, -0.1) is 0 Å². The fourth-order valence-corrected chi connectivity index (χ4v) is 2.79. The number of nitrogens with zero attached hydrogens (tertiary/aromatic N) is 3.